The van der Waals surface area contributed by atoms with Crippen LogP contribution >= 0.6 is 33.9 Å². The van der Waals surface area contributed by atoms with Gasteiger partial charge in [-0.15, -0.1) is 11.3 Å². The molecule has 3 heteroatoms. The third-order valence-corrected chi connectivity index (χ3v) is 3.20. The summed E-state index contributed by atoms with van der Waals surface area (Å²) in [5, 5.41) is 2.06. The van der Waals surface area contributed by atoms with Gasteiger partial charge in [0.25, 0.3) is 0 Å². The third kappa shape index (κ3) is 1.21. The summed E-state index contributed by atoms with van der Waals surface area (Å²) < 4.78 is 1.29. The van der Waals surface area contributed by atoms with Crippen LogP contribution in [-0.4, -0.2) is 0 Å². The van der Waals surface area contributed by atoms with Crippen LogP contribution < -0.4 is 5.73 Å². The van der Waals surface area contributed by atoms with E-state index >= 15 is 0 Å². The maximum absolute atomic E-state index is 5.40. The van der Waals surface area contributed by atoms with Gasteiger partial charge in [0.1, 0.15) is 0 Å². The van der Waals surface area contributed by atoms with Crippen molar-refractivity contribution in [2.45, 2.75) is 6.54 Å². The first kappa shape index (κ1) is 6.51. The fourth-order valence-corrected chi connectivity index (χ4v) is 2.14. The van der Waals surface area contributed by atoms with Gasteiger partial charge in [-0.1, -0.05) is 0 Å². The zero-order chi connectivity index (χ0) is 5.98. The summed E-state index contributed by atoms with van der Waals surface area (Å²) >= 11 is 4.00. The van der Waals surface area contributed by atoms with E-state index in [4.69, 9.17) is 5.73 Å². The van der Waals surface area contributed by atoms with Crippen LogP contribution in [0.1, 0.15) is 4.88 Å². The van der Waals surface area contributed by atoms with E-state index in [1.54, 1.807) is 11.3 Å². The van der Waals surface area contributed by atoms with E-state index in [0.29, 0.717) is 6.54 Å². The smallest absolute Gasteiger partial charge is 0.0315 e. The number of hydrogen-bond donors (Lipinski definition) is 1. The van der Waals surface area contributed by atoms with Gasteiger partial charge in [-0.05, 0) is 34.0 Å². The SMILES string of the molecule is NCc1sccc1I. The molecule has 1 aromatic heterocycles. The fourth-order valence-electron chi connectivity index (χ4n) is 0.471. The average molecular weight is 239 g/mol. The van der Waals surface area contributed by atoms with Crippen LogP contribution in [0.5, 0.6) is 0 Å². The molecule has 0 aromatic carbocycles. The molecule has 0 fully saturated rings. The lowest BCUT2D eigenvalue weighted by Gasteiger charge is -1.86. The Morgan fingerprint density at radius 2 is 2.50 bits per heavy atom. The number of nitrogens with two attached hydrogens (primary N) is 1. The van der Waals surface area contributed by atoms with Crippen molar-refractivity contribution in [3.8, 4) is 0 Å². The first-order chi connectivity index (χ1) is 3.84. The molecular weight excluding hydrogens is 233 g/mol. The Labute approximate surface area is 66.0 Å². The molecule has 0 bridgehead atoms. The Bertz CT molecular complexity index is 173. The molecule has 1 nitrogen and oxygen atoms in total. The van der Waals surface area contributed by atoms with Crippen LogP contribution in [0.25, 0.3) is 0 Å². The number of halogens is 1. The van der Waals surface area contributed by atoms with Crippen molar-refractivity contribution < 1.29 is 0 Å². The van der Waals surface area contributed by atoms with E-state index in [1.807, 2.05) is 0 Å². The van der Waals surface area contributed by atoms with Crippen LogP contribution in [-0.2, 0) is 6.54 Å². The normalized spacial score (nSPS) is 9.75. The Morgan fingerprint density at radius 3 is 2.75 bits per heavy atom. The summed E-state index contributed by atoms with van der Waals surface area (Å²) in [6, 6.07) is 2.08. The fraction of sp³-hybridized carbons (Fsp3) is 0.200. The van der Waals surface area contributed by atoms with Crippen LogP contribution in [0.3, 0.4) is 0 Å². The van der Waals surface area contributed by atoms with Gasteiger partial charge in [0.05, 0.1) is 0 Å². The highest BCUT2D eigenvalue weighted by Gasteiger charge is 1.94. The molecule has 0 aliphatic heterocycles. The molecule has 0 aliphatic carbocycles. The van der Waals surface area contributed by atoms with Crippen molar-refractivity contribution in [2.75, 3.05) is 0 Å². The van der Waals surface area contributed by atoms with E-state index in [9.17, 15) is 0 Å². The molecule has 0 atom stereocenters. The molecular formula is C5H6INS. The number of hydrogen-bond acceptors (Lipinski definition) is 2. The molecule has 0 aliphatic rings. The average Bonchev–Trinajstić information content (AvgIpc) is 2.14. The minimum Gasteiger partial charge on any atom is -0.326 e. The van der Waals surface area contributed by atoms with E-state index in [-0.39, 0.29) is 0 Å². The number of rotatable bonds is 1. The molecule has 0 saturated heterocycles. The summed E-state index contributed by atoms with van der Waals surface area (Å²) in [5.74, 6) is 0. The Morgan fingerprint density at radius 1 is 1.75 bits per heavy atom. The first-order valence-electron chi connectivity index (χ1n) is 2.26. The standard InChI is InChI=1S/C5H6INS/c6-4-1-2-8-5(4)3-7/h1-2H,3,7H2. The van der Waals surface area contributed by atoms with Gasteiger partial charge in [-0.2, -0.15) is 0 Å². The molecule has 0 spiro atoms. The van der Waals surface area contributed by atoms with E-state index in [2.05, 4.69) is 34.0 Å². The largest absolute Gasteiger partial charge is 0.326 e. The summed E-state index contributed by atoms with van der Waals surface area (Å²) in [6.07, 6.45) is 0. The highest BCUT2D eigenvalue weighted by molar-refractivity contribution is 14.1. The van der Waals surface area contributed by atoms with Crippen LogP contribution in [0.15, 0.2) is 11.4 Å². The quantitative estimate of drug-likeness (QED) is 0.743. The summed E-state index contributed by atoms with van der Waals surface area (Å²) in [4.78, 5) is 1.28. The maximum atomic E-state index is 5.40. The predicted octanol–water partition coefficient (Wildman–Crippen LogP) is 1.81. The maximum Gasteiger partial charge on any atom is 0.0315 e. The number of thiophene rings is 1. The Hall–Kier alpha value is 0.390. The molecule has 2 N–H and O–H groups in total. The zero-order valence-electron chi connectivity index (χ0n) is 4.23. The summed E-state index contributed by atoms with van der Waals surface area (Å²) in [7, 11) is 0. The molecule has 44 valence electrons. The Balaban J connectivity index is 2.92. The zero-order valence-corrected chi connectivity index (χ0v) is 7.20. The van der Waals surface area contributed by atoms with Gasteiger partial charge in [0, 0.05) is 15.0 Å². The first-order valence-corrected chi connectivity index (χ1v) is 4.22. The van der Waals surface area contributed by atoms with Crippen molar-refractivity contribution in [1.29, 1.82) is 0 Å². The van der Waals surface area contributed by atoms with Crippen molar-refractivity contribution >= 4 is 33.9 Å². The van der Waals surface area contributed by atoms with E-state index < -0.39 is 0 Å². The predicted molar refractivity (Wildman–Crippen MR) is 44.9 cm³/mol. The molecule has 1 rings (SSSR count). The highest BCUT2D eigenvalue weighted by Crippen LogP contribution is 2.16. The highest BCUT2D eigenvalue weighted by atomic mass is 127. The minimum atomic E-state index is 0.677. The summed E-state index contributed by atoms with van der Waals surface area (Å²) in [5.41, 5.74) is 5.40. The van der Waals surface area contributed by atoms with Crippen LogP contribution in [0.2, 0.25) is 0 Å². The van der Waals surface area contributed by atoms with Crippen molar-refractivity contribution in [3.05, 3.63) is 19.9 Å². The third-order valence-electron chi connectivity index (χ3n) is 0.876. The molecule has 0 saturated carbocycles. The lowest BCUT2D eigenvalue weighted by molar-refractivity contribution is 1.10. The minimum absolute atomic E-state index is 0.677. The monoisotopic (exact) mass is 239 g/mol. The molecule has 8 heavy (non-hydrogen) atoms. The van der Waals surface area contributed by atoms with E-state index in [0.717, 1.165) is 0 Å². The van der Waals surface area contributed by atoms with Gasteiger partial charge in [-0.3, -0.25) is 0 Å². The van der Waals surface area contributed by atoms with Crippen LogP contribution in [0, 0.1) is 3.57 Å². The molecule has 0 amide bonds. The van der Waals surface area contributed by atoms with Gasteiger partial charge in [-0.25, -0.2) is 0 Å². The second-order valence-corrected chi connectivity index (χ2v) is 3.56. The van der Waals surface area contributed by atoms with E-state index in [1.165, 1.54) is 8.45 Å². The molecule has 0 radical (unpaired) electrons. The van der Waals surface area contributed by atoms with Gasteiger partial charge < -0.3 is 5.73 Å². The second kappa shape index (κ2) is 2.80. The second-order valence-electron chi connectivity index (χ2n) is 1.40. The molecule has 0 unspecified atom stereocenters. The summed E-state index contributed by atoms with van der Waals surface area (Å²) in [6.45, 7) is 0.677. The van der Waals surface area contributed by atoms with Gasteiger partial charge in [0.2, 0.25) is 0 Å². The topological polar surface area (TPSA) is 26.0 Å². The Kier molecular flexibility index (Phi) is 2.27. The van der Waals surface area contributed by atoms with Gasteiger partial charge in [0.15, 0.2) is 0 Å². The van der Waals surface area contributed by atoms with Crippen molar-refractivity contribution in [3.63, 3.8) is 0 Å². The lowest BCUT2D eigenvalue weighted by atomic mass is 10.5. The van der Waals surface area contributed by atoms with Gasteiger partial charge >= 0.3 is 0 Å². The lowest BCUT2D eigenvalue weighted by Crippen LogP contribution is -1.93. The van der Waals surface area contributed by atoms with Crippen LogP contribution in [0.4, 0.5) is 0 Å². The molecule has 1 heterocycles. The van der Waals surface area contributed by atoms with Crippen molar-refractivity contribution in [2.24, 2.45) is 5.73 Å². The molecule has 1 aromatic rings. The van der Waals surface area contributed by atoms with Crippen molar-refractivity contribution in [1.82, 2.24) is 0 Å².